The van der Waals surface area contributed by atoms with Gasteiger partial charge in [0, 0.05) is 47.2 Å². The Morgan fingerprint density at radius 2 is 1.46 bits per heavy atom. The van der Waals surface area contributed by atoms with E-state index in [0.717, 1.165) is 35.5 Å². The standard InChI is InChI=1S/C45H49N3/c1-7-11-13-23-32-46-43-31-22-21-30-42(43)41(25-9-3)37(6)44(10-4)47(33-24-14-12-8-2)45-35-40(34-36(45)5)48(38-26-17-15-18-27-38)39-28-19-16-20-29-39/h7-9,11-33,35,44H,2,10,34H2,1,3-6H3/b11-7-,14-12-,23-13-,25-9?,33-24-,41-37+,46-32?. The van der Waals surface area contributed by atoms with Crippen LogP contribution >= 0.6 is 0 Å². The Morgan fingerprint density at radius 1 is 0.812 bits per heavy atom. The lowest BCUT2D eigenvalue weighted by molar-refractivity contribution is 0.377. The van der Waals surface area contributed by atoms with Crippen LogP contribution < -0.4 is 4.90 Å². The van der Waals surface area contributed by atoms with E-state index >= 15 is 0 Å². The molecule has 48 heavy (non-hydrogen) atoms. The summed E-state index contributed by atoms with van der Waals surface area (Å²) in [7, 11) is 0. The molecule has 0 radical (unpaired) electrons. The van der Waals surface area contributed by atoms with Crippen LogP contribution in [0.5, 0.6) is 0 Å². The van der Waals surface area contributed by atoms with Gasteiger partial charge in [-0.2, -0.15) is 0 Å². The number of hydrogen-bond acceptors (Lipinski definition) is 3. The van der Waals surface area contributed by atoms with Crippen molar-refractivity contribution in [3.05, 3.63) is 193 Å². The van der Waals surface area contributed by atoms with E-state index in [-0.39, 0.29) is 6.04 Å². The number of benzene rings is 3. The Morgan fingerprint density at radius 3 is 2.08 bits per heavy atom. The molecule has 0 spiro atoms. The lowest BCUT2D eigenvalue weighted by Crippen LogP contribution is -2.31. The molecular weight excluding hydrogens is 583 g/mol. The minimum atomic E-state index is 0.0960. The average Bonchev–Trinajstić information content (AvgIpc) is 3.49. The number of allylic oxidation sites excluding steroid dienone is 13. The molecule has 3 nitrogen and oxygen atoms in total. The third-order valence-corrected chi connectivity index (χ3v) is 8.28. The fourth-order valence-electron chi connectivity index (χ4n) is 6.06. The molecule has 4 rings (SSSR count). The predicted octanol–water partition coefficient (Wildman–Crippen LogP) is 12.6. The van der Waals surface area contributed by atoms with Crippen molar-refractivity contribution in [2.75, 3.05) is 4.90 Å². The van der Waals surface area contributed by atoms with Crippen molar-refractivity contribution in [1.29, 1.82) is 0 Å². The highest BCUT2D eigenvalue weighted by atomic mass is 15.2. The zero-order valence-corrected chi connectivity index (χ0v) is 29.1. The van der Waals surface area contributed by atoms with Crippen LogP contribution in [0.25, 0.3) is 5.57 Å². The molecule has 1 aliphatic rings. The van der Waals surface area contributed by atoms with Gasteiger partial charge in [-0.25, -0.2) is 0 Å². The Hall–Kier alpha value is -5.41. The van der Waals surface area contributed by atoms with Crippen LogP contribution in [0.1, 0.15) is 53.0 Å². The van der Waals surface area contributed by atoms with Gasteiger partial charge < -0.3 is 9.80 Å². The van der Waals surface area contributed by atoms with Crippen molar-refractivity contribution in [3.8, 4) is 0 Å². The molecule has 0 saturated heterocycles. The van der Waals surface area contributed by atoms with Crippen molar-refractivity contribution in [3.63, 3.8) is 0 Å². The van der Waals surface area contributed by atoms with Gasteiger partial charge in [-0.3, -0.25) is 4.99 Å². The Balaban J connectivity index is 1.85. The maximum atomic E-state index is 4.86. The molecule has 3 aromatic rings. The summed E-state index contributed by atoms with van der Waals surface area (Å²) in [6, 6.07) is 29.8. The van der Waals surface area contributed by atoms with Crippen molar-refractivity contribution >= 4 is 28.8 Å². The Labute approximate surface area is 289 Å². The van der Waals surface area contributed by atoms with Crippen LogP contribution in [-0.2, 0) is 0 Å². The first kappa shape index (κ1) is 35.4. The number of para-hydroxylation sites is 3. The first-order valence-electron chi connectivity index (χ1n) is 16.8. The fraction of sp³-hybridized carbons (Fsp3) is 0.178. The number of aliphatic imine (C=N–C) groups is 1. The highest BCUT2D eigenvalue weighted by Gasteiger charge is 2.28. The molecule has 0 aromatic heterocycles. The maximum Gasteiger partial charge on any atom is 0.0707 e. The first-order valence-corrected chi connectivity index (χ1v) is 16.8. The molecular formula is C45H49N3. The van der Waals surface area contributed by atoms with E-state index in [9.17, 15) is 0 Å². The van der Waals surface area contributed by atoms with Gasteiger partial charge in [0.25, 0.3) is 0 Å². The van der Waals surface area contributed by atoms with E-state index in [1.54, 1.807) is 0 Å². The second kappa shape index (κ2) is 18.7. The third kappa shape index (κ3) is 9.11. The first-order chi connectivity index (χ1) is 23.5. The molecule has 0 heterocycles. The number of anilines is 2. The summed E-state index contributed by atoms with van der Waals surface area (Å²) >= 11 is 0. The van der Waals surface area contributed by atoms with Gasteiger partial charge in [0.15, 0.2) is 0 Å². The second-order valence-electron chi connectivity index (χ2n) is 11.6. The molecule has 1 atom stereocenters. The quantitative estimate of drug-likeness (QED) is 0.123. The summed E-state index contributed by atoms with van der Waals surface area (Å²) in [5.74, 6) is 0. The van der Waals surface area contributed by atoms with Gasteiger partial charge in [-0.1, -0.05) is 117 Å². The molecule has 0 bridgehead atoms. The van der Waals surface area contributed by atoms with Crippen molar-refractivity contribution in [1.82, 2.24) is 4.90 Å². The molecule has 0 aliphatic heterocycles. The SMILES string of the molecule is C=C/C=C\C=C/N(C1=C(C)CC(N(c2ccccc2)c2ccccc2)=C1)C(CC)/C(C)=C(\C=CC)c1ccccc1N=C/C=C\C=C/C. The third-order valence-electron chi connectivity index (χ3n) is 8.28. The highest BCUT2D eigenvalue weighted by molar-refractivity contribution is 5.86. The van der Waals surface area contributed by atoms with Gasteiger partial charge >= 0.3 is 0 Å². The summed E-state index contributed by atoms with van der Waals surface area (Å²) in [4.78, 5) is 9.69. The topological polar surface area (TPSA) is 18.8 Å². The number of rotatable bonds is 15. The minimum Gasteiger partial charge on any atom is -0.341 e. The van der Waals surface area contributed by atoms with E-state index < -0.39 is 0 Å². The smallest absolute Gasteiger partial charge is 0.0707 e. The average molecular weight is 632 g/mol. The lowest BCUT2D eigenvalue weighted by Gasteiger charge is -2.33. The van der Waals surface area contributed by atoms with E-state index in [1.165, 1.54) is 28.1 Å². The van der Waals surface area contributed by atoms with Crippen LogP contribution in [0.3, 0.4) is 0 Å². The van der Waals surface area contributed by atoms with Crippen LogP contribution in [0.15, 0.2) is 192 Å². The van der Waals surface area contributed by atoms with Crippen LogP contribution in [0, 0.1) is 0 Å². The summed E-state index contributed by atoms with van der Waals surface area (Å²) in [5.41, 5.74) is 10.6. The number of nitrogens with zero attached hydrogens (tertiary/aromatic N) is 3. The zero-order valence-electron chi connectivity index (χ0n) is 29.1. The Kier molecular flexibility index (Phi) is 13.8. The van der Waals surface area contributed by atoms with Crippen molar-refractivity contribution < 1.29 is 0 Å². The molecule has 244 valence electrons. The van der Waals surface area contributed by atoms with E-state index in [1.807, 2.05) is 55.7 Å². The molecule has 0 saturated carbocycles. The lowest BCUT2D eigenvalue weighted by atomic mass is 9.92. The predicted molar refractivity (Wildman–Crippen MR) is 211 cm³/mol. The normalized spacial score (nSPS) is 15.1. The van der Waals surface area contributed by atoms with Gasteiger partial charge in [0.1, 0.15) is 0 Å². The highest BCUT2D eigenvalue weighted by Crippen LogP contribution is 2.40. The fourth-order valence-corrected chi connectivity index (χ4v) is 6.06. The molecule has 0 N–H and O–H groups in total. The van der Waals surface area contributed by atoms with Crippen molar-refractivity contribution in [2.24, 2.45) is 4.99 Å². The summed E-state index contributed by atoms with van der Waals surface area (Å²) in [6.45, 7) is 14.8. The second-order valence-corrected chi connectivity index (χ2v) is 11.6. The van der Waals surface area contributed by atoms with Crippen LogP contribution in [0.2, 0.25) is 0 Å². The monoisotopic (exact) mass is 631 g/mol. The molecule has 3 heteroatoms. The largest absolute Gasteiger partial charge is 0.341 e. The van der Waals surface area contributed by atoms with Gasteiger partial charge in [-0.05, 0) is 99.4 Å². The summed E-state index contributed by atoms with van der Waals surface area (Å²) in [5, 5.41) is 0. The molecule has 3 aromatic carbocycles. The van der Waals surface area contributed by atoms with E-state index in [0.29, 0.717) is 0 Å². The number of hydrogen-bond donors (Lipinski definition) is 0. The van der Waals surface area contributed by atoms with Gasteiger partial charge in [-0.15, -0.1) is 0 Å². The Bertz CT molecular complexity index is 1740. The molecule has 0 fully saturated rings. The van der Waals surface area contributed by atoms with Gasteiger partial charge in [0.2, 0.25) is 0 Å². The molecule has 0 amide bonds. The molecule has 1 aliphatic carbocycles. The zero-order chi connectivity index (χ0) is 34.1. The maximum absolute atomic E-state index is 4.86. The van der Waals surface area contributed by atoms with Crippen LogP contribution in [-0.4, -0.2) is 17.2 Å². The van der Waals surface area contributed by atoms with Crippen molar-refractivity contribution in [2.45, 2.75) is 53.5 Å². The minimum absolute atomic E-state index is 0.0960. The molecule has 1 unspecified atom stereocenters. The van der Waals surface area contributed by atoms with Gasteiger partial charge in [0.05, 0.1) is 11.7 Å². The van der Waals surface area contributed by atoms with E-state index in [2.05, 4.69) is 160 Å². The van der Waals surface area contributed by atoms with Crippen LogP contribution in [0.4, 0.5) is 17.1 Å². The van der Waals surface area contributed by atoms with E-state index in [4.69, 9.17) is 4.99 Å². The summed E-state index contributed by atoms with van der Waals surface area (Å²) < 4.78 is 0. The summed E-state index contributed by atoms with van der Waals surface area (Å²) in [6.07, 6.45) is 28.5.